The zero-order valence-electron chi connectivity index (χ0n) is 19.1. The van der Waals surface area contributed by atoms with E-state index in [-0.39, 0.29) is 12.0 Å². The van der Waals surface area contributed by atoms with Gasteiger partial charge in [0, 0.05) is 42.4 Å². The number of likely N-dealkylation sites (tertiary alicyclic amines) is 1. The highest BCUT2D eigenvalue weighted by atomic mass is 16.6. The predicted molar refractivity (Wildman–Crippen MR) is 129 cm³/mol. The van der Waals surface area contributed by atoms with Gasteiger partial charge in [-0.15, -0.1) is 0 Å². The molecule has 0 radical (unpaired) electrons. The third-order valence-electron chi connectivity index (χ3n) is 6.00. The lowest BCUT2D eigenvalue weighted by Gasteiger charge is -2.32. The fourth-order valence-corrected chi connectivity index (χ4v) is 4.36. The number of amides is 1. The summed E-state index contributed by atoms with van der Waals surface area (Å²) < 4.78 is 5.51. The van der Waals surface area contributed by atoms with E-state index in [4.69, 9.17) is 15.5 Å². The fourth-order valence-electron chi connectivity index (χ4n) is 4.36. The van der Waals surface area contributed by atoms with E-state index in [1.807, 2.05) is 45.2 Å². The Bertz CT molecular complexity index is 1320. The molecular weight excluding hydrogens is 416 g/mol. The number of imidazole rings is 1. The first-order valence-electron chi connectivity index (χ1n) is 11.3. The number of carbonyl (C=O) groups excluding carboxylic acids is 1. The number of nitrogen functional groups attached to an aromatic ring is 1. The lowest BCUT2D eigenvalue weighted by molar-refractivity contribution is 0.0203. The van der Waals surface area contributed by atoms with Gasteiger partial charge in [-0.05, 0) is 51.3 Å². The van der Waals surface area contributed by atoms with Gasteiger partial charge in [0.2, 0.25) is 0 Å². The molecule has 1 fully saturated rings. The maximum atomic E-state index is 12.4. The summed E-state index contributed by atoms with van der Waals surface area (Å²) in [6, 6.07) is 10.1. The molecule has 0 unspecified atom stereocenters. The van der Waals surface area contributed by atoms with Gasteiger partial charge in [0.1, 0.15) is 16.9 Å². The highest BCUT2D eigenvalue weighted by Gasteiger charge is 2.29. The van der Waals surface area contributed by atoms with Crippen molar-refractivity contribution in [3.8, 4) is 11.1 Å². The molecule has 1 aromatic carbocycles. The molecule has 0 atom stereocenters. The minimum atomic E-state index is -0.491. The van der Waals surface area contributed by atoms with Crippen molar-refractivity contribution in [2.45, 2.75) is 45.1 Å². The molecule has 1 aliphatic rings. The summed E-state index contributed by atoms with van der Waals surface area (Å²) in [6.45, 7) is 6.93. The van der Waals surface area contributed by atoms with Gasteiger partial charge in [-0.3, -0.25) is 4.98 Å². The van der Waals surface area contributed by atoms with Gasteiger partial charge < -0.3 is 20.4 Å². The number of hydrogen-bond acceptors (Lipinski definition) is 6. The van der Waals surface area contributed by atoms with Crippen LogP contribution < -0.4 is 5.73 Å². The number of nitrogens with zero attached hydrogens (tertiary/aromatic N) is 4. The summed E-state index contributed by atoms with van der Waals surface area (Å²) in [7, 11) is 0. The van der Waals surface area contributed by atoms with Crippen LogP contribution in [0.1, 0.15) is 45.4 Å². The van der Waals surface area contributed by atoms with Crippen LogP contribution in [0.2, 0.25) is 0 Å². The number of piperidine rings is 1. The Hall–Kier alpha value is -3.68. The van der Waals surface area contributed by atoms with Crippen molar-refractivity contribution in [2.24, 2.45) is 0 Å². The number of ether oxygens (including phenoxy) is 1. The van der Waals surface area contributed by atoms with E-state index in [1.54, 1.807) is 11.1 Å². The van der Waals surface area contributed by atoms with Crippen LogP contribution in [0.5, 0.6) is 0 Å². The Morgan fingerprint density at radius 3 is 2.64 bits per heavy atom. The molecule has 33 heavy (non-hydrogen) atoms. The van der Waals surface area contributed by atoms with Crippen LogP contribution in [-0.4, -0.2) is 49.6 Å². The number of fused-ring (bicyclic) bond motifs is 3. The number of H-pyrrole nitrogens is 1. The van der Waals surface area contributed by atoms with E-state index in [0.717, 1.165) is 46.2 Å². The zero-order chi connectivity index (χ0) is 23.2. The molecule has 0 aliphatic carbocycles. The molecule has 3 N–H and O–H groups in total. The molecule has 1 aliphatic heterocycles. The summed E-state index contributed by atoms with van der Waals surface area (Å²) in [5.74, 6) is 1.53. The molecule has 8 nitrogen and oxygen atoms in total. The van der Waals surface area contributed by atoms with E-state index in [0.29, 0.717) is 24.4 Å². The molecule has 1 saturated heterocycles. The second-order valence-corrected chi connectivity index (χ2v) is 9.56. The maximum Gasteiger partial charge on any atom is 0.410 e. The molecule has 170 valence electrons. The number of aromatic amines is 1. The average Bonchev–Trinajstić information content (AvgIpc) is 3.25. The molecule has 3 aromatic heterocycles. The predicted octanol–water partition coefficient (Wildman–Crippen LogP) is 4.87. The molecule has 8 heteroatoms. The SMILES string of the molecule is CC(C)(C)OC(=O)N1CCC(c2nc3c(N)nc4cc(-c5cccnc5)ccc4c3[nH]2)CC1. The highest BCUT2D eigenvalue weighted by molar-refractivity contribution is 6.07. The van der Waals surface area contributed by atoms with Crippen LogP contribution in [0.4, 0.5) is 10.6 Å². The Balaban J connectivity index is 1.41. The number of rotatable bonds is 2. The van der Waals surface area contributed by atoms with Gasteiger partial charge in [0.15, 0.2) is 5.82 Å². The Kier molecular flexibility index (Phi) is 5.15. The van der Waals surface area contributed by atoms with Crippen LogP contribution in [0.15, 0.2) is 42.7 Å². The smallest absolute Gasteiger partial charge is 0.410 e. The van der Waals surface area contributed by atoms with E-state index >= 15 is 0 Å². The van der Waals surface area contributed by atoms with E-state index in [9.17, 15) is 4.79 Å². The van der Waals surface area contributed by atoms with Crippen molar-refractivity contribution in [1.29, 1.82) is 0 Å². The Morgan fingerprint density at radius 2 is 1.94 bits per heavy atom. The lowest BCUT2D eigenvalue weighted by atomic mass is 9.96. The van der Waals surface area contributed by atoms with E-state index in [1.165, 1.54) is 0 Å². The summed E-state index contributed by atoms with van der Waals surface area (Å²) >= 11 is 0. The molecule has 4 aromatic rings. The Morgan fingerprint density at radius 1 is 1.15 bits per heavy atom. The van der Waals surface area contributed by atoms with Gasteiger partial charge in [-0.1, -0.05) is 18.2 Å². The molecular formula is C25H28N6O2. The second kappa shape index (κ2) is 8.03. The third kappa shape index (κ3) is 4.20. The number of carbonyl (C=O) groups is 1. The largest absolute Gasteiger partial charge is 0.444 e. The molecule has 1 amide bonds. The molecule has 0 spiro atoms. The number of nitrogens with two attached hydrogens (primary N) is 1. The molecule has 5 rings (SSSR count). The lowest BCUT2D eigenvalue weighted by Crippen LogP contribution is -2.41. The number of aromatic nitrogens is 4. The number of benzene rings is 1. The minimum absolute atomic E-state index is 0.222. The van der Waals surface area contributed by atoms with E-state index in [2.05, 4.69) is 27.1 Å². The Labute approximate surface area is 192 Å². The van der Waals surface area contributed by atoms with Crippen molar-refractivity contribution in [3.63, 3.8) is 0 Å². The van der Waals surface area contributed by atoms with Gasteiger partial charge in [-0.25, -0.2) is 14.8 Å². The van der Waals surface area contributed by atoms with Gasteiger partial charge >= 0.3 is 6.09 Å². The number of pyridine rings is 2. The molecule has 0 bridgehead atoms. The summed E-state index contributed by atoms with van der Waals surface area (Å²) in [6.07, 6.45) is 4.97. The fraction of sp³-hybridized carbons (Fsp3) is 0.360. The van der Waals surface area contributed by atoms with Crippen molar-refractivity contribution in [3.05, 3.63) is 48.5 Å². The normalized spacial score (nSPS) is 15.3. The number of nitrogens with one attached hydrogen (secondary N) is 1. The van der Waals surface area contributed by atoms with Crippen molar-refractivity contribution < 1.29 is 9.53 Å². The van der Waals surface area contributed by atoms with Crippen LogP contribution in [-0.2, 0) is 4.74 Å². The van der Waals surface area contributed by atoms with E-state index < -0.39 is 5.60 Å². The average molecular weight is 445 g/mol. The summed E-state index contributed by atoms with van der Waals surface area (Å²) in [4.78, 5) is 31.3. The second-order valence-electron chi connectivity index (χ2n) is 9.56. The minimum Gasteiger partial charge on any atom is -0.444 e. The first kappa shape index (κ1) is 21.2. The molecule has 0 saturated carbocycles. The quantitative estimate of drug-likeness (QED) is 0.456. The zero-order valence-corrected chi connectivity index (χ0v) is 19.1. The van der Waals surface area contributed by atoms with Gasteiger partial charge in [0.25, 0.3) is 0 Å². The summed E-state index contributed by atoms with van der Waals surface area (Å²) in [5.41, 5.74) is 10.3. The maximum absolute atomic E-state index is 12.4. The number of anilines is 1. The number of hydrogen-bond donors (Lipinski definition) is 2. The first-order chi connectivity index (χ1) is 15.8. The third-order valence-corrected chi connectivity index (χ3v) is 6.00. The van der Waals surface area contributed by atoms with Crippen molar-refractivity contribution in [1.82, 2.24) is 24.8 Å². The van der Waals surface area contributed by atoms with Crippen LogP contribution >= 0.6 is 0 Å². The van der Waals surface area contributed by atoms with Crippen molar-refractivity contribution in [2.75, 3.05) is 18.8 Å². The monoisotopic (exact) mass is 444 g/mol. The standard InChI is InChI=1S/C25H28N6O2/c1-25(2,3)33-24(32)31-11-8-15(9-12-31)23-29-20-18-7-6-16(17-5-4-10-27-14-17)13-19(18)28-22(26)21(20)30-23/h4-7,10,13-15H,8-9,11-12H2,1-3H3,(H2,26,28)(H,29,30). The van der Waals surface area contributed by atoms with Crippen LogP contribution in [0.3, 0.4) is 0 Å². The first-order valence-corrected chi connectivity index (χ1v) is 11.3. The summed E-state index contributed by atoms with van der Waals surface area (Å²) in [5, 5.41) is 0.983. The van der Waals surface area contributed by atoms with Crippen LogP contribution in [0.25, 0.3) is 33.1 Å². The van der Waals surface area contributed by atoms with Crippen molar-refractivity contribution >= 4 is 33.8 Å². The highest BCUT2D eigenvalue weighted by Crippen LogP contribution is 2.33. The topological polar surface area (TPSA) is 110 Å². The molecule has 4 heterocycles. The van der Waals surface area contributed by atoms with Crippen LogP contribution in [0, 0.1) is 0 Å². The van der Waals surface area contributed by atoms with Gasteiger partial charge in [0.05, 0.1) is 11.0 Å². The van der Waals surface area contributed by atoms with Gasteiger partial charge in [-0.2, -0.15) is 0 Å².